The van der Waals surface area contributed by atoms with E-state index in [4.69, 9.17) is 15.0 Å². The lowest BCUT2D eigenvalue weighted by Gasteiger charge is -2.34. The van der Waals surface area contributed by atoms with Crippen LogP contribution in [0.25, 0.3) is 11.2 Å². The molecule has 1 saturated heterocycles. The van der Waals surface area contributed by atoms with Gasteiger partial charge in [0.05, 0.1) is 24.3 Å². The molecule has 0 bridgehead atoms. The Hall–Kier alpha value is -4.58. The molecule has 0 spiro atoms. The smallest absolute Gasteiger partial charge is 0.407 e. The van der Waals surface area contributed by atoms with Gasteiger partial charge in [0.15, 0.2) is 11.2 Å². The molecule has 204 valence electrons. The standard InChI is InChI=1S/C27H32N8O4/c1-6-7-13-34-21-22(31-24(34)33-12-8-9-20(16-33)30-25(37)39-27(2,3)4)32(5)26(38)35(23(21)36)17-19-11-10-18(14-28)15-29-19/h10-11,15,20H,8-9,12-13,16-17H2,1-5H3,(H,30,37)/t20-/m1/s1. The maximum Gasteiger partial charge on any atom is 0.407 e. The van der Waals surface area contributed by atoms with Crippen molar-refractivity contribution >= 4 is 23.2 Å². The average molecular weight is 533 g/mol. The van der Waals surface area contributed by atoms with E-state index in [1.807, 2.05) is 31.7 Å². The van der Waals surface area contributed by atoms with Gasteiger partial charge in [0.2, 0.25) is 5.95 Å². The molecular weight excluding hydrogens is 500 g/mol. The molecular formula is C27H32N8O4. The van der Waals surface area contributed by atoms with Crippen LogP contribution in [0.2, 0.25) is 0 Å². The number of pyridine rings is 1. The second kappa shape index (κ2) is 11.0. The van der Waals surface area contributed by atoms with E-state index in [1.165, 1.54) is 10.8 Å². The summed E-state index contributed by atoms with van der Waals surface area (Å²) < 4.78 is 9.60. The Morgan fingerprint density at radius 3 is 2.67 bits per heavy atom. The molecule has 0 unspecified atom stereocenters. The van der Waals surface area contributed by atoms with Crippen LogP contribution in [0.4, 0.5) is 10.7 Å². The minimum atomic E-state index is -0.608. The third kappa shape index (κ3) is 5.96. The van der Waals surface area contributed by atoms with Gasteiger partial charge in [-0.05, 0) is 52.7 Å². The fourth-order valence-electron chi connectivity index (χ4n) is 4.55. The Kier molecular flexibility index (Phi) is 7.77. The zero-order valence-corrected chi connectivity index (χ0v) is 22.8. The summed E-state index contributed by atoms with van der Waals surface area (Å²) in [5.41, 5.74) is -0.273. The maximum atomic E-state index is 13.7. The number of carbonyl (C=O) groups is 1. The van der Waals surface area contributed by atoms with Crippen molar-refractivity contribution in [2.75, 3.05) is 18.0 Å². The van der Waals surface area contributed by atoms with Crippen molar-refractivity contribution in [2.24, 2.45) is 7.05 Å². The molecule has 0 aromatic carbocycles. The van der Waals surface area contributed by atoms with Crippen LogP contribution in [0.15, 0.2) is 27.9 Å². The van der Waals surface area contributed by atoms with E-state index >= 15 is 0 Å². The highest BCUT2D eigenvalue weighted by Crippen LogP contribution is 2.23. The van der Waals surface area contributed by atoms with Gasteiger partial charge in [-0.25, -0.2) is 9.59 Å². The first-order chi connectivity index (χ1) is 18.5. The number of amides is 1. The second-order valence-electron chi connectivity index (χ2n) is 10.4. The van der Waals surface area contributed by atoms with E-state index in [0.717, 1.165) is 17.4 Å². The molecule has 0 radical (unpaired) electrons. The Balaban J connectivity index is 1.74. The Bertz CT molecular complexity index is 1610. The molecule has 3 aromatic rings. The van der Waals surface area contributed by atoms with Crippen LogP contribution in [0.3, 0.4) is 0 Å². The first-order valence-electron chi connectivity index (χ1n) is 12.7. The molecule has 1 aliphatic rings. The predicted octanol–water partition coefficient (Wildman–Crippen LogP) is 1.73. The van der Waals surface area contributed by atoms with Gasteiger partial charge >= 0.3 is 11.8 Å². The number of aryl methyl sites for hydroxylation is 1. The molecule has 12 nitrogen and oxygen atoms in total. The van der Waals surface area contributed by atoms with Gasteiger partial charge in [-0.15, -0.1) is 5.92 Å². The van der Waals surface area contributed by atoms with Crippen molar-refractivity contribution < 1.29 is 9.53 Å². The summed E-state index contributed by atoms with van der Waals surface area (Å²) >= 11 is 0. The topological polar surface area (TPSA) is 140 Å². The summed E-state index contributed by atoms with van der Waals surface area (Å²) in [6.07, 6.45) is 2.48. The predicted molar refractivity (Wildman–Crippen MR) is 145 cm³/mol. The molecule has 1 amide bonds. The molecule has 1 fully saturated rings. The van der Waals surface area contributed by atoms with Crippen LogP contribution >= 0.6 is 0 Å². The van der Waals surface area contributed by atoms with Gasteiger partial charge in [-0.3, -0.25) is 23.5 Å². The van der Waals surface area contributed by atoms with Crippen LogP contribution in [0.5, 0.6) is 0 Å². The summed E-state index contributed by atoms with van der Waals surface area (Å²) in [5, 5.41) is 12.0. The minimum absolute atomic E-state index is 0.0568. The summed E-state index contributed by atoms with van der Waals surface area (Å²) in [5.74, 6) is 6.38. The first kappa shape index (κ1) is 27.5. The number of ether oxygens (including phenoxy) is 1. The van der Waals surface area contributed by atoms with Gasteiger partial charge in [-0.2, -0.15) is 10.2 Å². The minimum Gasteiger partial charge on any atom is -0.444 e. The van der Waals surface area contributed by atoms with E-state index in [9.17, 15) is 14.4 Å². The van der Waals surface area contributed by atoms with E-state index in [2.05, 4.69) is 22.1 Å². The van der Waals surface area contributed by atoms with Crippen LogP contribution in [-0.2, 0) is 24.9 Å². The number of nitrogens with zero attached hydrogens (tertiary/aromatic N) is 7. The summed E-state index contributed by atoms with van der Waals surface area (Å²) in [6, 6.07) is 5.03. The molecule has 12 heteroatoms. The largest absolute Gasteiger partial charge is 0.444 e. The Morgan fingerprint density at radius 1 is 1.26 bits per heavy atom. The number of nitriles is 1. The fraction of sp³-hybridized carbons (Fsp3) is 0.481. The fourth-order valence-corrected chi connectivity index (χ4v) is 4.55. The zero-order chi connectivity index (χ0) is 28.3. The van der Waals surface area contributed by atoms with Crippen LogP contribution < -0.4 is 21.5 Å². The van der Waals surface area contributed by atoms with Crippen LogP contribution in [0, 0.1) is 23.2 Å². The number of hydrogen-bond donors (Lipinski definition) is 1. The number of piperidine rings is 1. The summed E-state index contributed by atoms with van der Waals surface area (Å²) in [6.45, 7) is 8.41. The highest BCUT2D eigenvalue weighted by Gasteiger charge is 2.29. The molecule has 0 aliphatic carbocycles. The van der Waals surface area contributed by atoms with Crippen molar-refractivity contribution in [3.63, 3.8) is 0 Å². The highest BCUT2D eigenvalue weighted by molar-refractivity contribution is 5.75. The molecule has 4 rings (SSSR count). The normalized spacial score (nSPS) is 15.4. The van der Waals surface area contributed by atoms with Gasteiger partial charge in [0, 0.05) is 32.4 Å². The number of nitrogens with one attached hydrogen (secondary N) is 1. The van der Waals surface area contributed by atoms with E-state index in [1.54, 1.807) is 30.7 Å². The number of anilines is 1. The van der Waals surface area contributed by atoms with Crippen molar-refractivity contribution in [2.45, 2.75) is 65.3 Å². The molecule has 1 aliphatic heterocycles. The molecule has 0 saturated carbocycles. The van der Waals surface area contributed by atoms with Crippen LogP contribution in [0.1, 0.15) is 51.8 Å². The number of fused-ring (bicyclic) bond motifs is 1. The van der Waals surface area contributed by atoms with Gasteiger partial charge < -0.3 is 15.0 Å². The van der Waals surface area contributed by atoms with Crippen LogP contribution in [-0.4, -0.2) is 54.5 Å². The number of alkyl carbamates (subject to hydrolysis) is 1. The third-order valence-electron chi connectivity index (χ3n) is 6.33. The number of hydrogen-bond acceptors (Lipinski definition) is 8. The maximum absolute atomic E-state index is 13.7. The van der Waals surface area contributed by atoms with E-state index in [0.29, 0.717) is 30.3 Å². The van der Waals surface area contributed by atoms with Crippen molar-refractivity contribution in [1.82, 2.24) is 29.0 Å². The van der Waals surface area contributed by atoms with E-state index in [-0.39, 0.29) is 30.3 Å². The Morgan fingerprint density at radius 2 is 2.03 bits per heavy atom. The number of imidazole rings is 1. The lowest BCUT2D eigenvalue weighted by molar-refractivity contribution is 0.0499. The average Bonchev–Trinajstić information content (AvgIpc) is 3.28. The SMILES string of the molecule is CC#CCn1c(N2CCC[C@@H](NC(=O)OC(C)(C)C)C2)nc2c1c(=O)n(Cc1ccc(C#N)cn1)c(=O)n2C. The number of rotatable bonds is 5. The summed E-state index contributed by atoms with van der Waals surface area (Å²) in [4.78, 5) is 50.3. The lowest BCUT2D eigenvalue weighted by atomic mass is 10.1. The van der Waals surface area contributed by atoms with Crippen molar-refractivity contribution in [3.8, 4) is 17.9 Å². The Labute approximate surface area is 225 Å². The third-order valence-corrected chi connectivity index (χ3v) is 6.33. The van der Waals surface area contributed by atoms with Gasteiger partial charge in [-0.1, -0.05) is 5.92 Å². The van der Waals surface area contributed by atoms with Crippen molar-refractivity contribution in [3.05, 3.63) is 50.4 Å². The lowest BCUT2D eigenvalue weighted by Crippen LogP contribution is -2.49. The monoisotopic (exact) mass is 532 g/mol. The molecule has 39 heavy (non-hydrogen) atoms. The second-order valence-corrected chi connectivity index (χ2v) is 10.4. The number of aromatic nitrogens is 5. The van der Waals surface area contributed by atoms with E-state index < -0.39 is 22.9 Å². The number of carbonyl (C=O) groups excluding carboxylic acids is 1. The first-order valence-corrected chi connectivity index (χ1v) is 12.7. The molecule has 3 aromatic heterocycles. The molecule has 1 N–H and O–H groups in total. The molecule has 1 atom stereocenters. The summed E-state index contributed by atoms with van der Waals surface area (Å²) in [7, 11) is 1.57. The molecule has 4 heterocycles. The quantitative estimate of drug-likeness (QED) is 0.490. The highest BCUT2D eigenvalue weighted by atomic mass is 16.6. The van der Waals surface area contributed by atoms with Crippen molar-refractivity contribution in [1.29, 1.82) is 5.26 Å². The van der Waals surface area contributed by atoms with Gasteiger partial charge in [0.25, 0.3) is 5.56 Å². The van der Waals surface area contributed by atoms with Gasteiger partial charge in [0.1, 0.15) is 11.7 Å². The zero-order valence-electron chi connectivity index (χ0n) is 22.8.